The summed E-state index contributed by atoms with van der Waals surface area (Å²) in [6, 6.07) is 9.19. The van der Waals surface area contributed by atoms with Crippen molar-refractivity contribution in [1.29, 1.82) is 0 Å². The van der Waals surface area contributed by atoms with Gasteiger partial charge in [-0.2, -0.15) is 5.10 Å². The van der Waals surface area contributed by atoms with Crippen molar-refractivity contribution >= 4 is 29.8 Å². The van der Waals surface area contributed by atoms with Crippen LogP contribution in [0.15, 0.2) is 36.4 Å². The Morgan fingerprint density at radius 1 is 0.911 bits per heavy atom. The molecule has 2 aliphatic heterocycles. The van der Waals surface area contributed by atoms with Crippen LogP contribution in [-0.4, -0.2) is 142 Å². The average molecular weight is 628 g/mol. The van der Waals surface area contributed by atoms with Crippen LogP contribution in [0.3, 0.4) is 0 Å². The van der Waals surface area contributed by atoms with Gasteiger partial charge in [-0.3, -0.25) is 19.2 Å². The summed E-state index contributed by atoms with van der Waals surface area (Å²) < 4.78 is 12.3. The van der Waals surface area contributed by atoms with Crippen LogP contribution in [0.4, 0.5) is 4.79 Å². The first-order chi connectivity index (χ1) is 21.7. The standard InChI is InChI=1S/C30H41N7O8/c1-3-33-12-14-34(15-13-33)25(38)21-45-26-20-24(32-37(26)22-8-6-5-7-9-22)28(41)31-23(10-11-27(39)40)29(42)35-16-18-36(19-17-35)30(43)44-4-2/h5-9,20,23H,3-4,10-19,21H2,1-2H3,(H,31,41)(H,39,40). The van der Waals surface area contributed by atoms with Gasteiger partial charge in [0, 0.05) is 64.8 Å². The Kier molecular flexibility index (Phi) is 11.7. The van der Waals surface area contributed by atoms with Gasteiger partial charge >= 0.3 is 12.1 Å². The van der Waals surface area contributed by atoms with Crippen molar-refractivity contribution in [3.8, 4) is 11.6 Å². The summed E-state index contributed by atoms with van der Waals surface area (Å²) in [5.41, 5.74) is 0.520. The number of nitrogens with one attached hydrogen (secondary N) is 1. The van der Waals surface area contributed by atoms with Gasteiger partial charge in [0.1, 0.15) is 6.04 Å². The van der Waals surface area contributed by atoms with Gasteiger partial charge in [-0.05, 0) is 32.0 Å². The summed E-state index contributed by atoms with van der Waals surface area (Å²) >= 11 is 0. The summed E-state index contributed by atoms with van der Waals surface area (Å²) in [6.07, 6.45) is -0.949. The van der Waals surface area contributed by atoms with E-state index in [1.54, 1.807) is 36.1 Å². The van der Waals surface area contributed by atoms with Crippen LogP contribution < -0.4 is 10.1 Å². The van der Waals surface area contributed by atoms with Gasteiger partial charge in [0.15, 0.2) is 12.3 Å². The van der Waals surface area contributed by atoms with E-state index in [0.29, 0.717) is 18.8 Å². The highest BCUT2D eigenvalue weighted by Gasteiger charge is 2.32. The molecule has 45 heavy (non-hydrogen) atoms. The number of aromatic nitrogens is 2. The second kappa shape index (κ2) is 15.9. The molecule has 2 aliphatic rings. The van der Waals surface area contributed by atoms with Gasteiger partial charge < -0.3 is 39.5 Å². The quantitative estimate of drug-likeness (QED) is 0.342. The van der Waals surface area contributed by atoms with Crippen LogP contribution in [0.2, 0.25) is 0 Å². The van der Waals surface area contributed by atoms with Crippen molar-refractivity contribution in [3.05, 3.63) is 42.1 Å². The smallest absolute Gasteiger partial charge is 0.409 e. The third-order valence-corrected chi connectivity index (χ3v) is 7.79. The molecule has 0 radical (unpaired) electrons. The minimum atomic E-state index is -1.14. The van der Waals surface area contributed by atoms with E-state index >= 15 is 0 Å². The van der Waals surface area contributed by atoms with Crippen molar-refractivity contribution in [1.82, 2.24) is 34.7 Å². The van der Waals surface area contributed by atoms with Crippen molar-refractivity contribution in [2.24, 2.45) is 0 Å². The second-order valence-electron chi connectivity index (χ2n) is 10.7. The number of benzene rings is 1. The number of para-hydroxylation sites is 1. The fourth-order valence-corrected chi connectivity index (χ4v) is 5.17. The van der Waals surface area contributed by atoms with E-state index in [1.165, 1.54) is 20.5 Å². The van der Waals surface area contributed by atoms with Crippen LogP contribution in [-0.2, 0) is 19.1 Å². The number of likely N-dealkylation sites (N-methyl/N-ethyl adjacent to an activating group) is 1. The summed E-state index contributed by atoms with van der Waals surface area (Å²) in [7, 11) is 0. The normalized spacial score (nSPS) is 16.2. The number of carboxylic acid groups (broad SMARTS) is 1. The molecule has 244 valence electrons. The number of carbonyl (C=O) groups excluding carboxylic acids is 4. The number of carbonyl (C=O) groups is 5. The molecule has 0 bridgehead atoms. The number of rotatable bonds is 12. The topological polar surface area (TPSA) is 167 Å². The van der Waals surface area contributed by atoms with Crippen molar-refractivity contribution < 1.29 is 38.6 Å². The molecule has 2 aromatic rings. The molecule has 0 aliphatic carbocycles. The van der Waals surface area contributed by atoms with Gasteiger partial charge in [0.2, 0.25) is 11.8 Å². The van der Waals surface area contributed by atoms with Crippen LogP contribution in [0.5, 0.6) is 5.88 Å². The third-order valence-electron chi connectivity index (χ3n) is 7.79. The fourth-order valence-electron chi connectivity index (χ4n) is 5.17. The first-order valence-corrected chi connectivity index (χ1v) is 15.2. The number of aliphatic carboxylic acids is 1. The van der Waals surface area contributed by atoms with E-state index in [9.17, 15) is 29.1 Å². The lowest BCUT2D eigenvalue weighted by Crippen LogP contribution is -2.56. The zero-order chi connectivity index (χ0) is 32.3. The number of ether oxygens (including phenoxy) is 2. The Balaban J connectivity index is 1.46. The van der Waals surface area contributed by atoms with Crippen LogP contribution in [0, 0.1) is 0 Å². The van der Waals surface area contributed by atoms with Gasteiger partial charge in [0.05, 0.1) is 12.3 Å². The molecule has 1 aromatic carbocycles. The van der Waals surface area contributed by atoms with Crippen LogP contribution in [0.25, 0.3) is 5.69 Å². The average Bonchev–Trinajstić information content (AvgIpc) is 3.50. The number of hydrogen-bond donors (Lipinski definition) is 2. The van der Waals surface area contributed by atoms with Crippen molar-refractivity contribution in [2.45, 2.75) is 32.7 Å². The molecule has 0 spiro atoms. The molecular formula is C30H41N7O8. The Morgan fingerprint density at radius 2 is 1.56 bits per heavy atom. The monoisotopic (exact) mass is 627 g/mol. The SMILES string of the molecule is CCOC(=O)N1CCN(C(=O)C(CCC(=O)O)NC(=O)c2cc(OCC(=O)N3CCN(CC)CC3)n(-c3ccccc3)n2)CC1. The van der Waals surface area contributed by atoms with Crippen molar-refractivity contribution in [2.75, 3.05) is 72.1 Å². The molecule has 3 heterocycles. The maximum Gasteiger partial charge on any atom is 0.409 e. The van der Waals surface area contributed by atoms with E-state index in [-0.39, 0.29) is 69.7 Å². The van der Waals surface area contributed by atoms with E-state index in [0.717, 1.165) is 19.6 Å². The molecule has 1 atom stereocenters. The van der Waals surface area contributed by atoms with Gasteiger partial charge in [0.25, 0.3) is 11.8 Å². The largest absolute Gasteiger partial charge is 0.481 e. The molecule has 1 unspecified atom stereocenters. The van der Waals surface area contributed by atoms with E-state index in [2.05, 4.69) is 22.2 Å². The highest BCUT2D eigenvalue weighted by molar-refractivity contribution is 5.96. The minimum Gasteiger partial charge on any atom is -0.481 e. The highest BCUT2D eigenvalue weighted by Crippen LogP contribution is 2.20. The molecular weight excluding hydrogens is 586 g/mol. The number of piperazine rings is 2. The van der Waals surface area contributed by atoms with Gasteiger partial charge in [-0.1, -0.05) is 25.1 Å². The zero-order valence-corrected chi connectivity index (χ0v) is 25.7. The molecule has 2 saturated heterocycles. The van der Waals surface area contributed by atoms with Crippen LogP contribution >= 0.6 is 0 Å². The number of carboxylic acids is 1. The van der Waals surface area contributed by atoms with Gasteiger partial charge in [-0.25, -0.2) is 9.48 Å². The lowest BCUT2D eigenvalue weighted by Gasteiger charge is -2.35. The highest BCUT2D eigenvalue weighted by atomic mass is 16.6. The maximum atomic E-state index is 13.4. The Bertz CT molecular complexity index is 1340. The molecule has 15 heteroatoms. The number of hydrogen-bond acceptors (Lipinski definition) is 9. The predicted octanol–water partition coefficient (Wildman–Crippen LogP) is 0.679. The van der Waals surface area contributed by atoms with E-state index in [4.69, 9.17) is 9.47 Å². The summed E-state index contributed by atoms with van der Waals surface area (Å²) in [5, 5.41) is 16.3. The molecule has 1 aromatic heterocycles. The minimum absolute atomic E-state index is 0.0712. The zero-order valence-electron chi connectivity index (χ0n) is 25.7. The van der Waals surface area contributed by atoms with E-state index < -0.39 is 29.9 Å². The number of nitrogens with zero attached hydrogens (tertiary/aromatic N) is 6. The molecule has 4 rings (SSSR count). The third kappa shape index (κ3) is 8.94. The van der Waals surface area contributed by atoms with Crippen LogP contribution in [0.1, 0.15) is 37.2 Å². The number of amides is 4. The molecule has 2 N–H and O–H groups in total. The van der Waals surface area contributed by atoms with Crippen molar-refractivity contribution in [3.63, 3.8) is 0 Å². The first kappa shape index (κ1) is 33.2. The maximum absolute atomic E-state index is 13.4. The molecule has 0 saturated carbocycles. The Morgan fingerprint density at radius 3 is 2.18 bits per heavy atom. The Labute approximate surface area is 261 Å². The first-order valence-electron chi connectivity index (χ1n) is 15.2. The lowest BCUT2D eigenvalue weighted by molar-refractivity contribution is -0.138. The summed E-state index contributed by atoms with van der Waals surface area (Å²) in [5.74, 6) is -2.29. The second-order valence-corrected chi connectivity index (χ2v) is 10.7. The molecule has 15 nitrogen and oxygen atoms in total. The summed E-state index contributed by atoms with van der Waals surface area (Å²) in [6.45, 7) is 8.40. The summed E-state index contributed by atoms with van der Waals surface area (Å²) in [4.78, 5) is 70.1. The fraction of sp³-hybridized carbons (Fsp3) is 0.533. The molecule has 2 fully saturated rings. The van der Waals surface area contributed by atoms with Gasteiger partial charge in [-0.15, -0.1) is 0 Å². The van der Waals surface area contributed by atoms with E-state index in [1.807, 2.05) is 6.07 Å². The predicted molar refractivity (Wildman–Crippen MR) is 161 cm³/mol. The molecule has 4 amide bonds. The lowest BCUT2D eigenvalue weighted by atomic mass is 10.1. The Hall–Kier alpha value is -4.66.